The third kappa shape index (κ3) is 3.96. The minimum atomic E-state index is -3.94. The Kier molecular flexibility index (Phi) is 5.60. The summed E-state index contributed by atoms with van der Waals surface area (Å²) in [6, 6.07) is 21.6. The van der Waals surface area contributed by atoms with Gasteiger partial charge in [-0.25, -0.2) is 8.42 Å². The number of nitrogens with one attached hydrogen (secondary N) is 1. The standard InChI is InChI=1S/C23H19BrN2O3S/c1-26-15-20(19-9-5-6-10-21(19)26)22(23(27)16-7-3-2-4-8-16)25-30(28,29)18-13-11-17(24)12-14-18/h2-15,22,25H,1H3/t22-/m1/s1. The predicted octanol–water partition coefficient (Wildman–Crippen LogP) is 4.84. The van der Waals surface area contributed by atoms with E-state index in [1.54, 1.807) is 42.6 Å². The summed E-state index contributed by atoms with van der Waals surface area (Å²) in [7, 11) is -2.06. The lowest BCUT2D eigenvalue weighted by molar-refractivity contribution is 0.0954. The Morgan fingerprint density at radius 2 is 1.57 bits per heavy atom. The highest BCUT2D eigenvalue weighted by atomic mass is 79.9. The van der Waals surface area contributed by atoms with Crippen LogP contribution < -0.4 is 4.72 Å². The number of para-hydroxylation sites is 1. The van der Waals surface area contributed by atoms with Gasteiger partial charge in [0, 0.05) is 39.7 Å². The Morgan fingerprint density at radius 1 is 0.933 bits per heavy atom. The summed E-state index contributed by atoms with van der Waals surface area (Å²) in [5.41, 5.74) is 1.97. The number of benzene rings is 3. The number of ketones is 1. The third-order valence-corrected chi connectivity index (χ3v) is 6.92. The number of carbonyl (C=O) groups is 1. The number of sulfonamides is 1. The number of hydrogen-bond donors (Lipinski definition) is 1. The summed E-state index contributed by atoms with van der Waals surface area (Å²) in [6.07, 6.45) is 1.81. The zero-order valence-corrected chi connectivity index (χ0v) is 18.5. The van der Waals surface area contributed by atoms with Crippen molar-refractivity contribution in [1.82, 2.24) is 9.29 Å². The van der Waals surface area contributed by atoms with Crippen LogP contribution in [0.2, 0.25) is 0 Å². The van der Waals surface area contributed by atoms with E-state index in [0.29, 0.717) is 11.1 Å². The molecule has 0 aliphatic rings. The van der Waals surface area contributed by atoms with E-state index in [0.717, 1.165) is 15.4 Å². The number of aromatic nitrogens is 1. The Morgan fingerprint density at radius 3 is 2.27 bits per heavy atom. The predicted molar refractivity (Wildman–Crippen MR) is 121 cm³/mol. The van der Waals surface area contributed by atoms with Crippen molar-refractivity contribution in [2.24, 2.45) is 7.05 Å². The lowest BCUT2D eigenvalue weighted by atomic mass is 9.98. The molecule has 4 aromatic rings. The zero-order chi connectivity index (χ0) is 21.3. The highest BCUT2D eigenvalue weighted by molar-refractivity contribution is 9.10. The molecule has 0 aliphatic heterocycles. The van der Waals surface area contributed by atoms with Crippen LogP contribution in [0.3, 0.4) is 0 Å². The van der Waals surface area contributed by atoms with Gasteiger partial charge >= 0.3 is 0 Å². The molecule has 0 aliphatic carbocycles. The third-order valence-electron chi connectivity index (χ3n) is 4.96. The molecule has 0 unspecified atom stereocenters. The minimum absolute atomic E-state index is 0.0943. The summed E-state index contributed by atoms with van der Waals surface area (Å²) in [5.74, 6) is -0.312. The molecule has 1 aromatic heterocycles. The van der Waals surface area contributed by atoms with Gasteiger partial charge in [0.15, 0.2) is 5.78 Å². The molecule has 1 heterocycles. The minimum Gasteiger partial charge on any atom is -0.350 e. The second-order valence-electron chi connectivity index (χ2n) is 6.95. The van der Waals surface area contributed by atoms with Crippen LogP contribution in [0.4, 0.5) is 0 Å². The normalized spacial score (nSPS) is 12.7. The van der Waals surface area contributed by atoms with Crippen molar-refractivity contribution >= 4 is 42.6 Å². The van der Waals surface area contributed by atoms with Crippen molar-refractivity contribution in [2.45, 2.75) is 10.9 Å². The van der Waals surface area contributed by atoms with Gasteiger partial charge in [0.2, 0.25) is 10.0 Å². The second kappa shape index (κ2) is 8.18. The lowest BCUT2D eigenvalue weighted by Crippen LogP contribution is -2.34. The van der Waals surface area contributed by atoms with Gasteiger partial charge in [-0.1, -0.05) is 64.5 Å². The quantitative estimate of drug-likeness (QED) is 0.399. The van der Waals surface area contributed by atoms with Gasteiger partial charge < -0.3 is 4.57 Å². The lowest BCUT2D eigenvalue weighted by Gasteiger charge is -2.18. The van der Waals surface area contributed by atoms with Crippen LogP contribution in [0.25, 0.3) is 10.9 Å². The van der Waals surface area contributed by atoms with Crippen LogP contribution in [-0.2, 0) is 17.1 Å². The van der Waals surface area contributed by atoms with Crippen LogP contribution in [0.15, 0.2) is 94.4 Å². The Balaban J connectivity index is 1.84. The molecule has 0 fully saturated rings. The average molecular weight is 483 g/mol. The number of hydrogen-bond acceptors (Lipinski definition) is 3. The smallest absolute Gasteiger partial charge is 0.241 e. The van der Waals surface area contributed by atoms with Crippen molar-refractivity contribution in [3.05, 3.63) is 101 Å². The summed E-state index contributed by atoms with van der Waals surface area (Å²) in [4.78, 5) is 13.5. The highest BCUT2D eigenvalue weighted by Crippen LogP contribution is 2.30. The number of nitrogens with zero attached hydrogens (tertiary/aromatic N) is 1. The van der Waals surface area contributed by atoms with E-state index >= 15 is 0 Å². The van der Waals surface area contributed by atoms with Crippen LogP contribution in [0, 0.1) is 0 Å². The van der Waals surface area contributed by atoms with Crippen molar-refractivity contribution in [1.29, 1.82) is 0 Å². The van der Waals surface area contributed by atoms with Crippen molar-refractivity contribution in [3.63, 3.8) is 0 Å². The van der Waals surface area contributed by atoms with E-state index in [2.05, 4.69) is 20.7 Å². The first-order valence-corrected chi connectivity index (χ1v) is 11.6. The van der Waals surface area contributed by atoms with Crippen LogP contribution in [0.1, 0.15) is 22.0 Å². The Labute approximate surface area is 183 Å². The number of carbonyl (C=O) groups excluding carboxylic acids is 1. The number of aryl methyl sites for hydroxylation is 1. The molecule has 30 heavy (non-hydrogen) atoms. The Hall–Kier alpha value is -2.74. The molecule has 5 nitrogen and oxygen atoms in total. The maximum Gasteiger partial charge on any atom is 0.241 e. The van der Waals surface area contributed by atoms with Crippen molar-refractivity contribution in [2.75, 3.05) is 0 Å². The van der Waals surface area contributed by atoms with E-state index in [1.165, 1.54) is 12.1 Å². The molecule has 3 aromatic carbocycles. The molecule has 0 spiro atoms. The summed E-state index contributed by atoms with van der Waals surface area (Å²) < 4.78 is 31.5. The van der Waals surface area contributed by atoms with Gasteiger partial charge in [-0.2, -0.15) is 4.72 Å². The highest BCUT2D eigenvalue weighted by Gasteiger charge is 2.30. The van der Waals surface area contributed by atoms with E-state index in [4.69, 9.17) is 0 Å². The van der Waals surface area contributed by atoms with E-state index in [-0.39, 0.29) is 10.7 Å². The number of fused-ring (bicyclic) bond motifs is 1. The molecule has 0 radical (unpaired) electrons. The SMILES string of the molecule is Cn1cc([C@@H](NS(=O)(=O)c2ccc(Br)cc2)C(=O)c2ccccc2)c2ccccc21. The maximum atomic E-state index is 13.4. The van der Waals surface area contributed by atoms with Crippen molar-refractivity contribution in [3.8, 4) is 0 Å². The first-order chi connectivity index (χ1) is 14.4. The summed E-state index contributed by atoms with van der Waals surface area (Å²) in [5, 5.41) is 0.827. The summed E-state index contributed by atoms with van der Waals surface area (Å²) in [6.45, 7) is 0. The largest absolute Gasteiger partial charge is 0.350 e. The van der Waals surface area contributed by atoms with Gasteiger partial charge in [-0.3, -0.25) is 4.79 Å². The molecular weight excluding hydrogens is 464 g/mol. The molecule has 0 bridgehead atoms. The van der Waals surface area contributed by atoms with E-state index in [9.17, 15) is 13.2 Å². The molecule has 0 amide bonds. The van der Waals surface area contributed by atoms with Crippen LogP contribution in [0.5, 0.6) is 0 Å². The van der Waals surface area contributed by atoms with Gasteiger partial charge in [0.25, 0.3) is 0 Å². The van der Waals surface area contributed by atoms with E-state index < -0.39 is 16.1 Å². The first kappa shape index (κ1) is 20.5. The molecule has 152 valence electrons. The molecule has 1 atom stereocenters. The average Bonchev–Trinajstić information content (AvgIpc) is 3.09. The molecule has 4 rings (SSSR count). The number of Topliss-reactive ketones (excluding diaryl/α,β-unsaturated/α-hetero) is 1. The fourth-order valence-electron chi connectivity index (χ4n) is 3.47. The molecule has 1 N–H and O–H groups in total. The zero-order valence-electron chi connectivity index (χ0n) is 16.1. The summed E-state index contributed by atoms with van der Waals surface area (Å²) >= 11 is 3.31. The topological polar surface area (TPSA) is 68.2 Å². The fraction of sp³-hybridized carbons (Fsp3) is 0.0870. The maximum absolute atomic E-state index is 13.4. The fourth-order valence-corrected chi connectivity index (χ4v) is 4.91. The van der Waals surface area contributed by atoms with Gasteiger partial charge in [0.05, 0.1) is 4.90 Å². The molecule has 7 heteroatoms. The van der Waals surface area contributed by atoms with Gasteiger partial charge in [0.1, 0.15) is 6.04 Å². The molecule has 0 saturated carbocycles. The molecular formula is C23H19BrN2O3S. The second-order valence-corrected chi connectivity index (χ2v) is 9.58. The first-order valence-electron chi connectivity index (χ1n) is 9.28. The number of halogens is 1. The van der Waals surface area contributed by atoms with Gasteiger partial charge in [-0.05, 0) is 30.3 Å². The van der Waals surface area contributed by atoms with Crippen LogP contribution in [-0.4, -0.2) is 18.8 Å². The van der Waals surface area contributed by atoms with Gasteiger partial charge in [-0.15, -0.1) is 0 Å². The van der Waals surface area contributed by atoms with Crippen molar-refractivity contribution < 1.29 is 13.2 Å². The monoisotopic (exact) mass is 482 g/mol. The molecule has 0 saturated heterocycles. The van der Waals surface area contributed by atoms with E-state index in [1.807, 2.05) is 41.9 Å². The number of rotatable bonds is 6. The Bertz CT molecular complexity index is 1310. The van der Waals surface area contributed by atoms with Crippen LogP contribution >= 0.6 is 15.9 Å².